The number of hydrogen-bond donors (Lipinski definition) is 2. The monoisotopic (exact) mass is 616 g/mol. The summed E-state index contributed by atoms with van der Waals surface area (Å²) in [4.78, 5) is 54.1. The Morgan fingerprint density at radius 2 is 1.85 bits per heavy atom. The third kappa shape index (κ3) is 5.43. The van der Waals surface area contributed by atoms with Crippen LogP contribution in [0.5, 0.6) is 0 Å². The Labute approximate surface area is 244 Å². The zero-order chi connectivity index (χ0) is 28.8. The van der Waals surface area contributed by atoms with Gasteiger partial charge in [0, 0.05) is 42.4 Å². The Morgan fingerprint density at radius 1 is 1.07 bits per heavy atom. The lowest BCUT2D eigenvalue weighted by Gasteiger charge is -2.26. The van der Waals surface area contributed by atoms with Crippen molar-refractivity contribution in [3.8, 4) is 11.1 Å². The zero-order valence-corrected chi connectivity index (χ0v) is 24.4. The van der Waals surface area contributed by atoms with Crippen LogP contribution in [-0.2, 0) is 16.1 Å². The van der Waals surface area contributed by atoms with E-state index in [0.29, 0.717) is 39.6 Å². The smallest absolute Gasteiger partial charge is 0.248 e. The summed E-state index contributed by atoms with van der Waals surface area (Å²) in [6.45, 7) is 5.41. The number of nitrogens with zero attached hydrogens (tertiary/aromatic N) is 6. The van der Waals surface area contributed by atoms with Gasteiger partial charge in [-0.3, -0.25) is 19.1 Å². The highest BCUT2D eigenvalue weighted by Gasteiger charge is 2.56. The van der Waals surface area contributed by atoms with Gasteiger partial charge in [0.15, 0.2) is 5.78 Å². The van der Waals surface area contributed by atoms with Crippen LogP contribution in [0.4, 0.5) is 11.8 Å². The van der Waals surface area contributed by atoms with Crippen LogP contribution in [0.3, 0.4) is 0 Å². The van der Waals surface area contributed by atoms with Crippen molar-refractivity contribution < 1.29 is 14.4 Å². The number of rotatable bonds is 8. The number of piperidine rings is 1. The summed E-state index contributed by atoms with van der Waals surface area (Å²) in [5, 5.41) is 11.2. The number of halogens is 1. The van der Waals surface area contributed by atoms with E-state index in [1.165, 1.54) is 6.92 Å². The standard InChI is InChI=1S/C29H29BrN8O3/c1-15(2)33-29-31-12-19(13-32-29)17-7-8-21-20(9-17)27(16(3)39)36-37(21)14-26(40)38-22-10-18(22)11-23(38)28(41)35-25-6-4-5-24(30)34-25/h4-9,12-13,15,18,22-23H,10-11,14H2,1-3H3,(H,31,32,33)(H,34,35,41). The Hall–Kier alpha value is -4.19. The second-order valence-corrected chi connectivity index (χ2v) is 11.7. The fourth-order valence-corrected chi connectivity index (χ4v) is 5.84. The van der Waals surface area contributed by atoms with Gasteiger partial charge >= 0.3 is 0 Å². The maximum absolute atomic E-state index is 13.6. The van der Waals surface area contributed by atoms with E-state index < -0.39 is 6.04 Å². The van der Waals surface area contributed by atoms with Crippen molar-refractivity contribution >= 4 is 56.2 Å². The molecule has 0 bridgehead atoms. The topological polar surface area (TPSA) is 135 Å². The third-order valence-electron chi connectivity index (χ3n) is 7.43. The molecule has 0 radical (unpaired) electrons. The number of Topliss-reactive ketones (excluding diaryl/α,β-unsaturated/α-hetero) is 1. The summed E-state index contributed by atoms with van der Waals surface area (Å²) >= 11 is 3.31. The number of ketones is 1. The van der Waals surface area contributed by atoms with Crippen LogP contribution < -0.4 is 10.6 Å². The maximum atomic E-state index is 13.6. The second-order valence-electron chi connectivity index (χ2n) is 10.8. The summed E-state index contributed by atoms with van der Waals surface area (Å²) in [7, 11) is 0. The van der Waals surface area contributed by atoms with E-state index in [0.717, 1.165) is 17.5 Å². The number of carbonyl (C=O) groups excluding carboxylic acids is 3. The van der Waals surface area contributed by atoms with Crippen LogP contribution >= 0.6 is 15.9 Å². The van der Waals surface area contributed by atoms with Crippen LogP contribution in [0.2, 0.25) is 0 Å². The largest absolute Gasteiger partial charge is 0.352 e. The molecule has 1 aromatic carbocycles. The van der Waals surface area contributed by atoms with Crippen molar-refractivity contribution in [3.05, 3.63) is 59.1 Å². The van der Waals surface area contributed by atoms with Gasteiger partial charge in [-0.25, -0.2) is 15.0 Å². The van der Waals surface area contributed by atoms with E-state index in [4.69, 9.17) is 0 Å². The van der Waals surface area contributed by atoms with Gasteiger partial charge in [-0.1, -0.05) is 12.1 Å². The van der Waals surface area contributed by atoms with Gasteiger partial charge in [-0.2, -0.15) is 5.10 Å². The van der Waals surface area contributed by atoms with Crippen molar-refractivity contribution in [1.82, 2.24) is 29.6 Å². The van der Waals surface area contributed by atoms with Crippen molar-refractivity contribution in [2.45, 2.75) is 58.3 Å². The highest BCUT2D eigenvalue weighted by molar-refractivity contribution is 9.10. The van der Waals surface area contributed by atoms with Crippen molar-refractivity contribution in [1.29, 1.82) is 0 Å². The van der Waals surface area contributed by atoms with Gasteiger partial charge in [0.25, 0.3) is 0 Å². The molecule has 2 N–H and O–H groups in total. The number of anilines is 2. The van der Waals surface area contributed by atoms with E-state index in [9.17, 15) is 14.4 Å². The molecule has 11 nitrogen and oxygen atoms in total. The number of amides is 2. The Morgan fingerprint density at radius 3 is 2.56 bits per heavy atom. The van der Waals surface area contributed by atoms with Crippen LogP contribution in [0.1, 0.15) is 44.1 Å². The molecule has 2 fully saturated rings. The van der Waals surface area contributed by atoms with Crippen molar-refractivity contribution in [2.75, 3.05) is 10.6 Å². The van der Waals surface area contributed by atoms with Gasteiger partial charge in [0.1, 0.15) is 28.7 Å². The Kier molecular flexibility index (Phi) is 7.02. The molecule has 6 rings (SSSR count). The number of nitrogens with one attached hydrogen (secondary N) is 2. The molecule has 3 atom stereocenters. The number of hydrogen-bond acceptors (Lipinski definition) is 8. The predicted octanol–water partition coefficient (Wildman–Crippen LogP) is 4.30. The molecule has 4 heterocycles. The molecule has 41 heavy (non-hydrogen) atoms. The molecule has 1 aliphatic heterocycles. The summed E-state index contributed by atoms with van der Waals surface area (Å²) in [6.07, 6.45) is 4.97. The minimum absolute atomic E-state index is 0.0441. The van der Waals surface area contributed by atoms with Gasteiger partial charge in [-0.15, -0.1) is 0 Å². The highest BCUT2D eigenvalue weighted by atomic mass is 79.9. The number of fused-ring (bicyclic) bond motifs is 2. The lowest BCUT2D eigenvalue weighted by atomic mass is 10.0. The molecule has 1 saturated heterocycles. The summed E-state index contributed by atoms with van der Waals surface area (Å²) in [5.74, 6) is 0.622. The van der Waals surface area contributed by atoms with E-state index in [2.05, 4.69) is 46.6 Å². The SMILES string of the molecule is CC(=O)c1nn(CC(=O)N2C(C(=O)Nc3cccc(Br)n3)CC3CC32)c2ccc(-c3cnc(NC(C)C)nc3)cc12. The van der Waals surface area contributed by atoms with E-state index in [1.807, 2.05) is 32.0 Å². The molecule has 1 saturated carbocycles. The van der Waals surface area contributed by atoms with Crippen LogP contribution in [-0.4, -0.2) is 65.4 Å². The van der Waals surface area contributed by atoms with Gasteiger partial charge < -0.3 is 15.5 Å². The minimum atomic E-state index is -0.583. The van der Waals surface area contributed by atoms with E-state index >= 15 is 0 Å². The van der Waals surface area contributed by atoms with Crippen LogP contribution in [0, 0.1) is 5.92 Å². The van der Waals surface area contributed by atoms with Gasteiger partial charge in [0.2, 0.25) is 17.8 Å². The fraction of sp³-hybridized carbons (Fsp3) is 0.345. The molecule has 210 valence electrons. The molecule has 0 spiro atoms. The molecular weight excluding hydrogens is 588 g/mol. The average molecular weight is 618 g/mol. The molecular formula is C29H29BrN8O3. The van der Waals surface area contributed by atoms with Crippen molar-refractivity contribution in [2.24, 2.45) is 5.92 Å². The van der Waals surface area contributed by atoms with Gasteiger partial charge in [0.05, 0.1) is 5.52 Å². The highest BCUT2D eigenvalue weighted by Crippen LogP contribution is 2.48. The lowest BCUT2D eigenvalue weighted by Crippen LogP contribution is -2.46. The zero-order valence-electron chi connectivity index (χ0n) is 22.8. The molecule has 12 heteroatoms. The summed E-state index contributed by atoms with van der Waals surface area (Å²) < 4.78 is 2.17. The first-order valence-corrected chi connectivity index (χ1v) is 14.3. The third-order valence-corrected chi connectivity index (χ3v) is 7.87. The lowest BCUT2D eigenvalue weighted by molar-refractivity contribution is -0.138. The quantitative estimate of drug-likeness (QED) is 0.221. The Bertz CT molecular complexity index is 1670. The molecule has 2 amide bonds. The number of carbonyl (C=O) groups is 3. The number of likely N-dealkylation sites (tertiary alicyclic amines) is 1. The molecule has 3 unspecified atom stereocenters. The molecule has 1 aliphatic carbocycles. The first-order chi connectivity index (χ1) is 19.7. The fourth-order valence-electron chi connectivity index (χ4n) is 5.50. The summed E-state index contributed by atoms with van der Waals surface area (Å²) in [6, 6.07) is 10.6. The number of pyridine rings is 1. The van der Waals surface area contributed by atoms with Crippen LogP contribution in [0.25, 0.3) is 22.0 Å². The first-order valence-electron chi connectivity index (χ1n) is 13.5. The van der Waals surface area contributed by atoms with Crippen molar-refractivity contribution in [3.63, 3.8) is 0 Å². The number of aromatic nitrogens is 5. The van der Waals surface area contributed by atoms with Gasteiger partial charge in [-0.05, 0) is 78.4 Å². The first kappa shape index (κ1) is 27.0. The average Bonchev–Trinajstić information content (AvgIpc) is 3.44. The molecule has 2 aliphatic rings. The molecule has 4 aromatic rings. The summed E-state index contributed by atoms with van der Waals surface area (Å²) in [5.41, 5.74) is 2.58. The van der Waals surface area contributed by atoms with E-state index in [1.54, 1.807) is 40.2 Å². The Balaban J connectivity index is 1.24. The van der Waals surface area contributed by atoms with E-state index in [-0.39, 0.29) is 41.9 Å². The molecule has 3 aromatic heterocycles. The second kappa shape index (κ2) is 10.7. The normalized spacial score (nSPS) is 19.3. The predicted molar refractivity (Wildman–Crippen MR) is 157 cm³/mol. The minimum Gasteiger partial charge on any atom is -0.352 e. The number of benzene rings is 1. The maximum Gasteiger partial charge on any atom is 0.248 e. The van der Waals surface area contributed by atoms with Crippen LogP contribution in [0.15, 0.2) is 53.4 Å².